The molecular formula is C41H49ClFN7O5S. The second-order valence-corrected chi connectivity index (χ2v) is 17.9. The Labute approximate surface area is 333 Å². The quantitative estimate of drug-likeness (QED) is 0.115. The number of carbonyl (C=O) groups is 2. The van der Waals surface area contributed by atoms with Crippen LogP contribution in [0.25, 0.3) is 0 Å². The van der Waals surface area contributed by atoms with Crippen molar-refractivity contribution in [3.05, 3.63) is 88.3 Å². The van der Waals surface area contributed by atoms with Crippen molar-refractivity contribution in [2.75, 3.05) is 35.7 Å². The van der Waals surface area contributed by atoms with Crippen LogP contribution in [0.1, 0.15) is 76.0 Å². The van der Waals surface area contributed by atoms with Crippen molar-refractivity contribution in [2.24, 2.45) is 0 Å². The number of sulfone groups is 1. The number of nitrogens with zero attached hydrogens (tertiary/aromatic N) is 4. The third kappa shape index (κ3) is 9.25. The Morgan fingerprint density at radius 1 is 1.02 bits per heavy atom. The number of hydrogen-bond donors (Lipinski definition) is 3. The maximum atomic E-state index is 15.2. The van der Waals surface area contributed by atoms with Crippen molar-refractivity contribution in [2.45, 2.75) is 95.1 Å². The molecule has 3 N–H and O–H groups in total. The molecule has 0 aliphatic carbocycles. The fraction of sp³-hybridized carbons (Fsp3) is 0.415. The van der Waals surface area contributed by atoms with Gasteiger partial charge < -0.3 is 20.3 Å². The zero-order chi connectivity index (χ0) is 40.3. The van der Waals surface area contributed by atoms with E-state index in [1.807, 2.05) is 39.0 Å². The molecule has 3 heterocycles. The zero-order valence-electron chi connectivity index (χ0n) is 32.5. The Morgan fingerprint density at radius 2 is 1.75 bits per heavy atom. The van der Waals surface area contributed by atoms with E-state index in [1.54, 1.807) is 44.2 Å². The van der Waals surface area contributed by atoms with Crippen LogP contribution < -0.4 is 25.6 Å². The van der Waals surface area contributed by atoms with Gasteiger partial charge in [-0.2, -0.15) is 4.98 Å². The highest BCUT2D eigenvalue weighted by atomic mass is 35.5. The van der Waals surface area contributed by atoms with Gasteiger partial charge in [-0.3, -0.25) is 19.8 Å². The van der Waals surface area contributed by atoms with Gasteiger partial charge in [-0.25, -0.2) is 17.8 Å². The summed E-state index contributed by atoms with van der Waals surface area (Å²) in [4.78, 5) is 37.6. The third-order valence-corrected chi connectivity index (χ3v) is 12.7. The summed E-state index contributed by atoms with van der Waals surface area (Å²) < 4.78 is 47.6. The Bertz CT molecular complexity index is 2210. The molecular weight excluding hydrogens is 757 g/mol. The fourth-order valence-corrected chi connectivity index (χ4v) is 8.55. The monoisotopic (exact) mass is 805 g/mol. The highest BCUT2D eigenvalue weighted by Crippen LogP contribution is 2.38. The number of amides is 2. The molecule has 2 aliphatic rings. The standard InChI is InChI=1S/C41H49ClFN7O5S/c1-24(2)55-36-21-35(50-17-15-28(16-18-50)49(6)23-27-11-12-29(32(43)20-27)30-13-14-38(51)47-40(30)52)26(5)19-34(36)46-41-44-22-31(42)39(48-41)45-33-9-7-8-10-37(33)56(53,54)25(3)4/h7-12,19-22,24-25,28,30H,13-18,23H2,1-6H3,(H,47,51,52)(H2,44,45,46,48). The summed E-state index contributed by atoms with van der Waals surface area (Å²) in [5.41, 5.74) is 4.27. The van der Waals surface area contributed by atoms with E-state index in [4.69, 9.17) is 16.3 Å². The van der Waals surface area contributed by atoms with Crippen molar-refractivity contribution in [1.82, 2.24) is 20.2 Å². The van der Waals surface area contributed by atoms with Gasteiger partial charge in [0.05, 0.1) is 39.7 Å². The van der Waals surface area contributed by atoms with E-state index < -0.39 is 32.7 Å². The molecule has 2 aliphatic heterocycles. The van der Waals surface area contributed by atoms with Crippen molar-refractivity contribution >= 4 is 62.1 Å². The van der Waals surface area contributed by atoms with Crippen LogP contribution in [-0.4, -0.2) is 72.6 Å². The number of halogens is 2. The number of carbonyl (C=O) groups excluding carboxylic acids is 2. The summed E-state index contributed by atoms with van der Waals surface area (Å²) in [6.07, 6.45) is 3.67. The van der Waals surface area contributed by atoms with E-state index in [0.717, 1.165) is 42.7 Å². The molecule has 0 radical (unpaired) electrons. The van der Waals surface area contributed by atoms with Crippen molar-refractivity contribution in [3.8, 4) is 5.75 Å². The topological polar surface area (TPSA) is 146 Å². The van der Waals surface area contributed by atoms with Crippen LogP contribution >= 0.6 is 11.6 Å². The first-order valence-corrected chi connectivity index (χ1v) is 20.8. The van der Waals surface area contributed by atoms with Gasteiger partial charge >= 0.3 is 0 Å². The number of para-hydroxylation sites is 1. The van der Waals surface area contributed by atoms with Crippen LogP contribution in [-0.2, 0) is 26.0 Å². The van der Waals surface area contributed by atoms with Crippen molar-refractivity contribution in [3.63, 3.8) is 0 Å². The number of ether oxygens (including phenoxy) is 1. The van der Waals surface area contributed by atoms with E-state index in [0.29, 0.717) is 41.7 Å². The second-order valence-electron chi connectivity index (χ2n) is 15.0. The van der Waals surface area contributed by atoms with Crippen LogP contribution in [0.15, 0.2) is 65.7 Å². The predicted octanol–water partition coefficient (Wildman–Crippen LogP) is 7.66. The summed E-state index contributed by atoms with van der Waals surface area (Å²) in [5, 5.41) is 8.31. The number of aryl methyl sites for hydroxylation is 1. The minimum Gasteiger partial charge on any atom is -0.489 e. The lowest BCUT2D eigenvalue weighted by Crippen LogP contribution is -2.43. The fourth-order valence-electron chi connectivity index (χ4n) is 7.21. The van der Waals surface area contributed by atoms with Crippen molar-refractivity contribution < 1.29 is 27.1 Å². The van der Waals surface area contributed by atoms with E-state index >= 15 is 4.39 Å². The van der Waals surface area contributed by atoms with Gasteiger partial charge in [0.15, 0.2) is 15.7 Å². The van der Waals surface area contributed by atoms with Gasteiger partial charge in [-0.1, -0.05) is 35.9 Å². The number of benzene rings is 3. The Morgan fingerprint density at radius 3 is 2.43 bits per heavy atom. The van der Waals surface area contributed by atoms with E-state index in [2.05, 4.69) is 42.8 Å². The molecule has 298 valence electrons. The second kappa shape index (κ2) is 17.1. The van der Waals surface area contributed by atoms with Crippen LogP contribution in [0.4, 0.5) is 33.2 Å². The molecule has 0 saturated carbocycles. The van der Waals surface area contributed by atoms with Crippen LogP contribution in [0.2, 0.25) is 5.02 Å². The van der Waals surface area contributed by atoms with Gasteiger partial charge in [0, 0.05) is 49.4 Å². The van der Waals surface area contributed by atoms with Gasteiger partial charge in [-0.05, 0) is 96.3 Å². The minimum atomic E-state index is -3.58. The maximum absolute atomic E-state index is 15.2. The Hall–Kier alpha value is -4.79. The van der Waals surface area contributed by atoms with E-state index in [-0.39, 0.29) is 40.1 Å². The molecule has 0 spiro atoms. The Kier molecular flexibility index (Phi) is 12.5. The number of nitrogens with one attached hydrogen (secondary N) is 3. The molecule has 3 aromatic carbocycles. The number of hydrogen-bond acceptors (Lipinski definition) is 11. The van der Waals surface area contributed by atoms with Gasteiger partial charge in [0.2, 0.25) is 17.8 Å². The van der Waals surface area contributed by atoms with Crippen LogP contribution in [0, 0.1) is 12.7 Å². The smallest absolute Gasteiger partial charge is 0.234 e. The number of anilines is 5. The lowest BCUT2D eigenvalue weighted by molar-refractivity contribution is -0.134. The van der Waals surface area contributed by atoms with Crippen molar-refractivity contribution in [1.29, 1.82) is 0 Å². The number of aromatic nitrogens is 2. The lowest BCUT2D eigenvalue weighted by atomic mass is 9.89. The first-order chi connectivity index (χ1) is 26.6. The highest BCUT2D eigenvalue weighted by Gasteiger charge is 2.31. The van der Waals surface area contributed by atoms with E-state index in [9.17, 15) is 18.0 Å². The lowest BCUT2D eigenvalue weighted by Gasteiger charge is -2.38. The van der Waals surface area contributed by atoms with Gasteiger partial charge in [-0.15, -0.1) is 0 Å². The molecule has 56 heavy (non-hydrogen) atoms. The van der Waals surface area contributed by atoms with Crippen LogP contribution in [0.5, 0.6) is 5.75 Å². The molecule has 1 unspecified atom stereocenters. The molecule has 1 aromatic heterocycles. The van der Waals surface area contributed by atoms with E-state index in [1.165, 1.54) is 12.3 Å². The largest absolute Gasteiger partial charge is 0.489 e. The van der Waals surface area contributed by atoms with Crippen LogP contribution in [0.3, 0.4) is 0 Å². The van der Waals surface area contributed by atoms with Gasteiger partial charge in [0.25, 0.3) is 0 Å². The minimum absolute atomic E-state index is 0.115. The zero-order valence-corrected chi connectivity index (χ0v) is 34.1. The summed E-state index contributed by atoms with van der Waals surface area (Å²) in [7, 11) is -1.53. The number of piperidine rings is 2. The third-order valence-electron chi connectivity index (χ3n) is 10.3. The SMILES string of the molecule is Cc1cc(Nc2ncc(Cl)c(Nc3ccccc3S(=O)(=O)C(C)C)n2)c(OC(C)C)cc1N1CCC(N(C)Cc2ccc(C3CCC(=O)NC3=O)c(F)c2)CC1. The summed E-state index contributed by atoms with van der Waals surface area (Å²) in [6.45, 7) is 11.4. The molecule has 2 fully saturated rings. The molecule has 2 amide bonds. The molecule has 2 saturated heterocycles. The summed E-state index contributed by atoms with van der Waals surface area (Å²) in [5.74, 6) is -0.718. The summed E-state index contributed by atoms with van der Waals surface area (Å²) >= 11 is 6.49. The molecule has 1 atom stereocenters. The Balaban J connectivity index is 1.13. The average molecular weight is 806 g/mol. The summed E-state index contributed by atoms with van der Waals surface area (Å²) in [6, 6.07) is 16.0. The molecule has 15 heteroatoms. The molecule has 12 nitrogen and oxygen atoms in total. The highest BCUT2D eigenvalue weighted by molar-refractivity contribution is 7.92. The normalized spacial score (nSPS) is 16.8. The molecule has 0 bridgehead atoms. The number of imide groups is 1. The predicted molar refractivity (Wildman–Crippen MR) is 218 cm³/mol. The maximum Gasteiger partial charge on any atom is 0.234 e. The number of rotatable bonds is 13. The average Bonchev–Trinajstić information content (AvgIpc) is 3.14. The van der Waals surface area contributed by atoms with Gasteiger partial charge in [0.1, 0.15) is 16.6 Å². The molecule has 4 aromatic rings. The molecule has 6 rings (SSSR count). The first-order valence-electron chi connectivity index (χ1n) is 18.9. The first kappa shape index (κ1) is 40.9.